The second kappa shape index (κ2) is 7.36. The van der Waals surface area contributed by atoms with Gasteiger partial charge in [0.25, 0.3) is 0 Å². The molecule has 2 rings (SSSR count). The largest absolute Gasteiger partial charge is 0.379 e. The lowest BCUT2D eigenvalue weighted by atomic mass is 10.3. The molecule has 8 heteroatoms. The third kappa shape index (κ3) is 4.39. The van der Waals surface area contributed by atoms with Crippen LogP contribution in [0.15, 0.2) is 29.2 Å². The highest BCUT2D eigenvalue weighted by atomic mass is 32.2. The molecular weight excluding hydrogens is 322 g/mol. The quantitative estimate of drug-likeness (QED) is 0.806. The smallest absolute Gasteiger partial charge is 0.243 e. The van der Waals surface area contributed by atoms with E-state index in [1.165, 1.54) is 4.31 Å². The van der Waals surface area contributed by atoms with Gasteiger partial charge in [-0.15, -0.1) is 0 Å². The Labute approximate surface area is 136 Å². The van der Waals surface area contributed by atoms with Crippen molar-refractivity contribution in [2.45, 2.75) is 24.8 Å². The van der Waals surface area contributed by atoms with Gasteiger partial charge in [0.1, 0.15) is 0 Å². The molecule has 22 heavy (non-hydrogen) atoms. The molecule has 0 radical (unpaired) electrons. The molecule has 1 fully saturated rings. The van der Waals surface area contributed by atoms with Crippen molar-refractivity contribution in [1.82, 2.24) is 9.62 Å². The summed E-state index contributed by atoms with van der Waals surface area (Å²) in [7, 11) is -3.45. The summed E-state index contributed by atoms with van der Waals surface area (Å²) >= 11 is 5.16. The number of benzene rings is 1. The summed E-state index contributed by atoms with van der Waals surface area (Å²) in [6.45, 7) is 5.65. The molecule has 0 spiro atoms. The van der Waals surface area contributed by atoms with E-state index >= 15 is 0 Å². The van der Waals surface area contributed by atoms with E-state index in [1.54, 1.807) is 24.3 Å². The van der Waals surface area contributed by atoms with Crippen molar-refractivity contribution in [3.63, 3.8) is 0 Å². The maximum absolute atomic E-state index is 12.5. The molecule has 0 atom stereocenters. The van der Waals surface area contributed by atoms with Crippen molar-refractivity contribution in [3.05, 3.63) is 24.3 Å². The molecule has 0 bridgehead atoms. The number of thiocarbonyl (C=S) groups is 1. The zero-order chi connectivity index (χ0) is 16.2. The van der Waals surface area contributed by atoms with E-state index in [1.807, 2.05) is 13.8 Å². The van der Waals surface area contributed by atoms with Gasteiger partial charge in [0, 0.05) is 24.8 Å². The number of ether oxygens (including phenoxy) is 1. The van der Waals surface area contributed by atoms with E-state index in [-0.39, 0.29) is 10.9 Å². The number of hydrogen-bond donors (Lipinski definition) is 2. The van der Waals surface area contributed by atoms with Gasteiger partial charge in [0.2, 0.25) is 10.0 Å². The lowest BCUT2D eigenvalue weighted by Crippen LogP contribution is -2.40. The highest BCUT2D eigenvalue weighted by Crippen LogP contribution is 2.19. The third-order valence-electron chi connectivity index (χ3n) is 3.14. The molecule has 1 saturated heterocycles. The fourth-order valence-corrected chi connectivity index (χ4v) is 3.84. The van der Waals surface area contributed by atoms with Crippen LogP contribution < -0.4 is 10.6 Å². The van der Waals surface area contributed by atoms with Crippen LogP contribution in [-0.2, 0) is 14.8 Å². The van der Waals surface area contributed by atoms with Gasteiger partial charge in [-0.25, -0.2) is 8.42 Å². The molecule has 1 heterocycles. The summed E-state index contributed by atoms with van der Waals surface area (Å²) < 4.78 is 31.6. The molecule has 122 valence electrons. The van der Waals surface area contributed by atoms with Crippen molar-refractivity contribution < 1.29 is 13.2 Å². The highest BCUT2D eigenvalue weighted by Gasteiger charge is 2.26. The number of anilines is 1. The molecule has 0 saturated carbocycles. The Morgan fingerprint density at radius 2 is 1.82 bits per heavy atom. The molecule has 1 aromatic carbocycles. The lowest BCUT2D eigenvalue weighted by molar-refractivity contribution is 0.0730. The minimum absolute atomic E-state index is 0.237. The van der Waals surface area contributed by atoms with Crippen LogP contribution in [0.2, 0.25) is 0 Å². The average molecular weight is 343 g/mol. The van der Waals surface area contributed by atoms with Gasteiger partial charge < -0.3 is 15.4 Å². The zero-order valence-electron chi connectivity index (χ0n) is 12.7. The number of nitrogens with one attached hydrogen (secondary N) is 2. The SMILES string of the molecule is CC(C)NC(=S)Nc1ccc(S(=O)(=O)N2CCOCC2)cc1. The normalized spacial score (nSPS) is 16.5. The van der Waals surface area contributed by atoms with Crippen LogP contribution in [0.4, 0.5) is 5.69 Å². The van der Waals surface area contributed by atoms with Gasteiger partial charge in [-0.05, 0) is 50.3 Å². The van der Waals surface area contributed by atoms with Crippen LogP contribution in [0.25, 0.3) is 0 Å². The van der Waals surface area contributed by atoms with Crippen LogP contribution in [0.1, 0.15) is 13.8 Å². The van der Waals surface area contributed by atoms with E-state index in [0.717, 1.165) is 5.69 Å². The van der Waals surface area contributed by atoms with Gasteiger partial charge in [0.15, 0.2) is 5.11 Å². The molecule has 6 nitrogen and oxygen atoms in total. The van der Waals surface area contributed by atoms with E-state index in [4.69, 9.17) is 17.0 Å². The van der Waals surface area contributed by atoms with Crippen molar-refractivity contribution in [2.24, 2.45) is 0 Å². The van der Waals surface area contributed by atoms with Gasteiger partial charge in [-0.1, -0.05) is 0 Å². The maximum atomic E-state index is 12.5. The van der Waals surface area contributed by atoms with Crippen molar-refractivity contribution in [3.8, 4) is 0 Å². The number of nitrogens with zero attached hydrogens (tertiary/aromatic N) is 1. The fraction of sp³-hybridized carbons (Fsp3) is 0.500. The van der Waals surface area contributed by atoms with Crippen LogP contribution >= 0.6 is 12.2 Å². The predicted molar refractivity (Wildman–Crippen MR) is 90.5 cm³/mol. The predicted octanol–water partition coefficient (Wildman–Crippen LogP) is 1.40. The number of morpholine rings is 1. The summed E-state index contributed by atoms with van der Waals surface area (Å²) in [6.07, 6.45) is 0. The summed E-state index contributed by atoms with van der Waals surface area (Å²) in [5.41, 5.74) is 0.749. The third-order valence-corrected chi connectivity index (χ3v) is 5.27. The van der Waals surface area contributed by atoms with E-state index in [9.17, 15) is 8.42 Å². The van der Waals surface area contributed by atoms with Gasteiger partial charge in [0.05, 0.1) is 18.1 Å². The fourth-order valence-electron chi connectivity index (χ4n) is 2.08. The monoisotopic (exact) mass is 343 g/mol. The standard InChI is InChI=1S/C14H21N3O3S2/c1-11(2)15-14(21)16-12-3-5-13(6-4-12)22(18,19)17-7-9-20-10-8-17/h3-6,11H,7-10H2,1-2H3,(H2,15,16,21). The number of rotatable bonds is 4. The molecule has 0 amide bonds. The van der Waals surface area contributed by atoms with E-state index in [2.05, 4.69) is 10.6 Å². The Kier molecular flexibility index (Phi) is 5.74. The van der Waals surface area contributed by atoms with Crippen LogP contribution in [0, 0.1) is 0 Å². The second-order valence-corrected chi connectivity index (χ2v) is 7.64. The van der Waals surface area contributed by atoms with Gasteiger partial charge >= 0.3 is 0 Å². The van der Waals surface area contributed by atoms with Crippen LogP contribution in [-0.4, -0.2) is 50.2 Å². The molecule has 1 aliphatic rings. The molecule has 1 aliphatic heterocycles. The Morgan fingerprint density at radius 3 is 2.36 bits per heavy atom. The molecule has 0 aliphatic carbocycles. The zero-order valence-corrected chi connectivity index (χ0v) is 14.3. The minimum Gasteiger partial charge on any atom is -0.379 e. The van der Waals surface area contributed by atoms with E-state index in [0.29, 0.717) is 31.4 Å². The summed E-state index contributed by atoms with van der Waals surface area (Å²) in [5, 5.41) is 6.60. The first kappa shape index (κ1) is 17.1. The second-order valence-electron chi connectivity index (χ2n) is 5.29. The van der Waals surface area contributed by atoms with Gasteiger partial charge in [-0.3, -0.25) is 0 Å². The van der Waals surface area contributed by atoms with Crippen molar-refractivity contribution in [2.75, 3.05) is 31.6 Å². The summed E-state index contributed by atoms with van der Waals surface area (Å²) in [6, 6.07) is 6.83. The first-order valence-corrected chi connectivity index (χ1v) is 9.00. The minimum atomic E-state index is -3.45. The molecular formula is C14H21N3O3S2. The Morgan fingerprint density at radius 1 is 1.23 bits per heavy atom. The first-order valence-electron chi connectivity index (χ1n) is 7.15. The average Bonchev–Trinajstić information content (AvgIpc) is 2.48. The molecule has 0 unspecified atom stereocenters. The van der Waals surface area contributed by atoms with Crippen molar-refractivity contribution in [1.29, 1.82) is 0 Å². The number of sulfonamides is 1. The molecule has 1 aromatic rings. The summed E-state index contributed by atoms with van der Waals surface area (Å²) in [4.78, 5) is 0.280. The Balaban J connectivity index is 2.06. The number of hydrogen-bond acceptors (Lipinski definition) is 4. The molecule has 0 aromatic heterocycles. The Bertz CT molecular complexity index is 609. The maximum Gasteiger partial charge on any atom is 0.243 e. The first-order chi connectivity index (χ1) is 10.4. The van der Waals surface area contributed by atoms with Crippen LogP contribution in [0.5, 0.6) is 0 Å². The highest BCUT2D eigenvalue weighted by molar-refractivity contribution is 7.89. The summed E-state index contributed by atoms with van der Waals surface area (Å²) in [5.74, 6) is 0. The molecule has 2 N–H and O–H groups in total. The van der Waals surface area contributed by atoms with E-state index < -0.39 is 10.0 Å². The van der Waals surface area contributed by atoms with Gasteiger partial charge in [-0.2, -0.15) is 4.31 Å². The Hall–Kier alpha value is -1.22. The topological polar surface area (TPSA) is 70.7 Å². The van der Waals surface area contributed by atoms with Crippen LogP contribution in [0.3, 0.4) is 0 Å². The lowest BCUT2D eigenvalue weighted by Gasteiger charge is -2.26. The van der Waals surface area contributed by atoms with Crippen molar-refractivity contribution >= 4 is 33.0 Å².